The van der Waals surface area contributed by atoms with Crippen molar-refractivity contribution in [1.29, 1.82) is 0 Å². The summed E-state index contributed by atoms with van der Waals surface area (Å²) in [5.41, 5.74) is 4.85. The first-order valence-electron chi connectivity index (χ1n) is 11.2. The number of allylic oxidation sites excluding steroid dienone is 6. The van der Waals surface area contributed by atoms with E-state index < -0.39 is 0 Å². The number of thioether (sulfide) groups is 2. The lowest BCUT2D eigenvalue weighted by Gasteiger charge is -2.44. The van der Waals surface area contributed by atoms with Gasteiger partial charge in [0.05, 0.1) is 11.5 Å². The number of hydrogen-bond acceptors (Lipinski definition) is 4. The molecule has 0 radical (unpaired) electrons. The van der Waals surface area contributed by atoms with Crippen LogP contribution in [0.15, 0.2) is 72.1 Å². The first-order chi connectivity index (χ1) is 14.5. The molecule has 2 nitrogen and oxygen atoms in total. The van der Waals surface area contributed by atoms with Gasteiger partial charge < -0.3 is 9.47 Å². The van der Waals surface area contributed by atoms with Crippen LogP contribution in [0.4, 0.5) is 0 Å². The van der Waals surface area contributed by atoms with Gasteiger partial charge in [-0.15, -0.1) is 0 Å². The smallest absolute Gasteiger partial charge is 0.140 e. The number of fused-ring (bicyclic) bond motifs is 1. The van der Waals surface area contributed by atoms with Crippen LogP contribution in [-0.2, 0) is 4.74 Å². The number of ether oxygens (including phenoxy) is 2. The molecule has 4 unspecified atom stereocenters. The van der Waals surface area contributed by atoms with Gasteiger partial charge in [0, 0.05) is 33.5 Å². The molecule has 156 valence electrons. The Morgan fingerprint density at radius 2 is 1.50 bits per heavy atom. The molecule has 1 aromatic carbocycles. The van der Waals surface area contributed by atoms with E-state index in [9.17, 15) is 0 Å². The quantitative estimate of drug-likeness (QED) is 0.415. The Balaban J connectivity index is 1.36. The predicted molar refractivity (Wildman–Crippen MR) is 125 cm³/mol. The largest absolute Gasteiger partial charge is 0.497 e. The Hall–Kier alpha value is -1.52. The van der Waals surface area contributed by atoms with Gasteiger partial charge in [-0.05, 0) is 53.0 Å². The highest BCUT2D eigenvalue weighted by molar-refractivity contribution is 8.07. The second-order valence-corrected chi connectivity index (χ2v) is 11.3. The van der Waals surface area contributed by atoms with Crippen LogP contribution in [0.1, 0.15) is 47.0 Å². The topological polar surface area (TPSA) is 18.5 Å². The van der Waals surface area contributed by atoms with Crippen molar-refractivity contribution in [2.24, 2.45) is 23.7 Å². The number of hydrogen-bond donors (Lipinski definition) is 0. The Morgan fingerprint density at radius 1 is 0.767 bits per heavy atom. The van der Waals surface area contributed by atoms with E-state index >= 15 is 0 Å². The Bertz CT molecular complexity index is 993. The lowest BCUT2D eigenvalue weighted by Crippen LogP contribution is -2.30. The molecule has 4 heteroatoms. The van der Waals surface area contributed by atoms with Gasteiger partial charge >= 0.3 is 0 Å². The molecule has 0 saturated carbocycles. The summed E-state index contributed by atoms with van der Waals surface area (Å²) >= 11 is 3.96. The zero-order valence-corrected chi connectivity index (χ0v) is 19.7. The predicted octanol–water partition coefficient (Wildman–Crippen LogP) is 7.66. The fourth-order valence-electron chi connectivity index (χ4n) is 5.76. The van der Waals surface area contributed by atoms with Gasteiger partial charge in [-0.3, -0.25) is 0 Å². The maximum absolute atomic E-state index is 6.50. The van der Waals surface area contributed by atoms with E-state index in [0.29, 0.717) is 23.7 Å². The van der Waals surface area contributed by atoms with Gasteiger partial charge in [-0.1, -0.05) is 63.4 Å². The fourth-order valence-corrected chi connectivity index (χ4v) is 8.55. The van der Waals surface area contributed by atoms with Gasteiger partial charge in [0.2, 0.25) is 0 Å². The number of benzene rings is 1. The van der Waals surface area contributed by atoms with E-state index in [4.69, 9.17) is 9.47 Å². The third-order valence-corrected chi connectivity index (χ3v) is 10.5. The highest BCUT2D eigenvalue weighted by atomic mass is 32.2. The van der Waals surface area contributed by atoms with Gasteiger partial charge in [0.15, 0.2) is 0 Å². The van der Waals surface area contributed by atoms with Crippen molar-refractivity contribution in [1.82, 2.24) is 0 Å². The van der Waals surface area contributed by atoms with E-state index in [1.54, 1.807) is 21.6 Å². The molecule has 4 atom stereocenters. The summed E-state index contributed by atoms with van der Waals surface area (Å²) < 4.78 is 12.7. The second-order valence-electron chi connectivity index (χ2n) is 9.17. The number of rotatable bonds is 0. The minimum Gasteiger partial charge on any atom is -0.497 e. The lowest BCUT2D eigenvalue weighted by atomic mass is 9.74. The molecular weight excluding hydrogens is 408 g/mol. The van der Waals surface area contributed by atoms with Crippen molar-refractivity contribution in [3.05, 3.63) is 67.2 Å². The van der Waals surface area contributed by atoms with Gasteiger partial charge in [-0.2, -0.15) is 0 Å². The van der Waals surface area contributed by atoms with E-state index in [1.807, 2.05) is 23.5 Å². The molecule has 3 heterocycles. The van der Waals surface area contributed by atoms with Crippen LogP contribution in [-0.4, -0.2) is 6.61 Å². The molecule has 0 spiro atoms. The molecule has 0 aromatic heterocycles. The Kier molecular flexibility index (Phi) is 4.47. The molecule has 5 aliphatic rings. The molecule has 0 amide bonds. The zero-order valence-electron chi connectivity index (χ0n) is 18.1. The highest BCUT2D eigenvalue weighted by Crippen LogP contribution is 2.61. The van der Waals surface area contributed by atoms with Crippen molar-refractivity contribution < 1.29 is 9.47 Å². The minimum absolute atomic E-state index is 0.316. The van der Waals surface area contributed by atoms with E-state index in [2.05, 4.69) is 52.0 Å². The van der Waals surface area contributed by atoms with Crippen molar-refractivity contribution in [3.8, 4) is 5.75 Å². The van der Waals surface area contributed by atoms with Gasteiger partial charge in [-0.25, -0.2) is 0 Å². The summed E-state index contributed by atoms with van der Waals surface area (Å²) in [7, 11) is 0. The molecule has 0 saturated heterocycles. The summed E-state index contributed by atoms with van der Waals surface area (Å²) in [6.07, 6.45) is 3.48. The maximum Gasteiger partial charge on any atom is 0.140 e. The molecule has 0 bridgehead atoms. The third-order valence-electron chi connectivity index (χ3n) is 7.46. The summed E-state index contributed by atoms with van der Waals surface area (Å²) in [5.74, 6) is 5.11. The van der Waals surface area contributed by atoms with E-state index in [0.717, 1.165) is 25.2 Å². The average Bonchev–Trinajstić information content (AvgIpc) is 2.79. The van der Waals surface area contributed by atoms with Crippen molar-refractivity contribution in [2.45, 2.75) is 51.9 Å². The fraction of sp³-hybridized carbons (Fsp3) is 0.462. The van der Waals surface area contributed by atoms with Crippen LogP contribution in [0.3, 0.4) is 0 Å². The zero-order chi connectivity index (χ0) is 20.6. The van der Waals surface area contributed by atoms with Crippen LogP contribution in [0.25, 0.3) is 0 Å². The third kappa shape index (κ3) is 2.65. The van der Waals surface area contributed by atoms with E-state index in [1.165, 1.54) is 32.6 Å². The van der Waals surface area contributed by atoms with Gasteiger partial charge in [0.1, 0.15) is 17.3 Å². The second kappa shape index (κ2) is 7.00. The Morgan fingerprint density at radius 3 is 2.33 bits per heavy atom. The normalized spacial score (nSPS) is 32.5. The van der Waals surface area contributed by atoms with Crippen molar-refractivity contribution in [2.75, 3.05) is 6.61 Å². The average molecular weight is 437 g/mol. The van der Waals surface area contributed by atoms with Crippen LogP contribution in [0, 0.1) is 23.7 Å². The van der Waals surface area contributed by atoms with Crippen molar-refractivity contribution in [3.63, 3.8) is 0 Å². The van der Waals surface area contributed by atoms with Crippen molar-refractivity contribution >= 4 is 23.5 Å². The maximum atomic E-state index is 6.50. The first-order valence-corrected chi connectivity index (χ1v) is 12.9. The number of para-hydroxylation sites is 1. The molecule has 2 aliphatic carbocycles. The minimum atomic E-state index is 0.316. The van der Waals surface area contributed by atoms with Gasteiger partial charge in [0.25, 0.3) is 0 Å². The van der Waals surface area contributed by atoms with Crippen LogP contribution >= 0.6 is 23.5 Å². The summed E-state index contributed by atoms with van der Waals surface area (Å²) in [4.78, 5) is 5.74. The van der Waals surface area contributed by atoms with E-state index in [-0.39, 0.29) is 0 Å². The monoisotopic (exact) mass is 436 g/mol. The molecule has 30 heavy (non-hydrogen) atoms. The van der Waals surface area contributed by atoms with Crippen LogP contribution in [0.2, 0.25) is 0 Å². The van der Waals surface area contributed by atoms with Crippen LogP contribution < -0.4 is 4.74 Å². The highest BCUT2D eigenvalue weighted by Gasteiger charge is 2.44. The molecule has 0 N–H and O–H groups in total. The lowest BCUT2D eigenvalue weighted by molar-refractivity contribution is 0.157. The summed E-state index contributed by atoms with van der Waals surface area (Å²) in [6, 6.07) is 8.46. The summed E-state index contributed by atoms with van der Waals surface area (Å²) in [6.45, 7) is 10.4. The SMILES string of the molecule is CC1C2=C(OCCC2)C(C)C2=C1CC1=C(S2)C(C)C2=C(Sc3ccccc3O2)C1C. The summed E-state index contributed by atoms with van der Waals surface area (Å²) in [5, 5.41) is 0. The molecular formula is C26H28O2S2. The first kappa shape index (κ1) is 19.2. The molecule has 6 rings (SSSR count). The standard InChI is InChI=1S/C26H28O2S2/c1-13-17-8-7-11-27-22(17)15(3)24-18(13)12-19-14(2)26-23(16(4)25(19)30-24)28-20-9-5-6-10-21(20)29-26/h5-6,9-10,13-16H,7-8,11-12H2,1-4H3. The molecule has 0 fully saturated rings. The molecule has 3 aliphatic heterocycles. The van der Waals surface area contributed by atoms with Crippen LogP contribution in [0.5, 0.6) is 5.75 Å². The Labute approximate surface area is 187 Å². The molecule has 1 aromatic rings.